The van der Waals surface area contributed by atoms with Crippen LogP contribution in [-0.4, -0.2) is 43.4 Å². The maximum Gasteiger partial charge on any atom is 0.244 e. The third-order valence-corrected chi connectivity index (χ3v) is 3.47. The summed E-state index contributed by atoms with van der Waals surface area (Å²) in [4.78, 5) is 25.1. The minimum absolute atomic E-state index is 0.0163. The van der Waals surface area contributed by atoms with Gasteiger partial charge in [0.05, 0.1) is 0 Å². The predicted molar refractivity (Wildman–Crippen MR) is 66.2 cm³/mol. The lowest BCUT2D eigenvalue weighted by molar-refractivity contribution is -0.135. The molecule has 98 valence electrons. The average Bonchev–Trinajstić information content (AvgIpc) is 2.75. The van der Waals surface area contributed by atoms with Crippen molar-refractivity contribution in [2.75, 3.05) is 20.6 Å². The molecule has 0 aromatic rings. The molecule has 0 heterocycles. The van der Waals surface area contributed by atoms with E-state index in [9.17, 15) is 9.59 Å². The van der Waals surface area contributed by atoms with E-state index in [0.717, 1.165) is 19.3 Å². The molecule has 3 N–H and O–H groups in total. The molecule has 1 fully saturated rings. The number of amides is 2. The van der Waals surface area contributed by atoms with Gasteiger partial charge in [-0.3, -0.25) is 9.59 Å². The second-order valence-corrected chi connectivity index (χ2v) is 5.00. The van der Waals surface area contributed by atoms with Crippen LogP contribution in [0.3, 0.4) is 0 Å². The molecule has 3 atom stereocenters. The second kappa shape index (κ2) is 6.00. The van der Waals surface area contributed by atoms with Gasteiger partial charge < -0.3 is 16.0 Å². The quantitative estimate of drug-likeness (QED) is 0.725. The Morgan fingerprint density at radius 2 is 2.06 bits per heavy atom. The number of likely N-dealkylation sites (N-methyl/N-ethyl adjacent to an activating group) is 1. The van der Waals surface area contributed by atoms with Crippen LogP contribution in [0.4, 0.5) is 0 Å². The van der Waals surface area contributed by atoms with Gasteiger partial charge >= 0.3 is 0 Å². The summed E-state index contributed by atoms with van der Waals surface area (Å²) in [6.45, 7) is 2.26. The Bertz CT molecular complexity index is 291. The molecule has 5 heteroatoms. The van der Waals surface area contributed by atoms with Crippen LogP contribution >= 0.6 is 0 Å². The summed E-state index contributed by atoms with van der Waals surface area (Å²) in [6.07, 6.45) is 2.96. The van der Waals surface area contributed by atoms with Crippen molar-refractivity contribution in [3.8, 4) is 0 Å². The van der Waals surface area contributed by atoms with E-state index in [0.29, 0.717) is 6.54 Å². The summed E-state index contributed by atoms with van der Waals surface area (Å²) >= 11 is 0. The lowest BCUT2D eigenvalue weighted by Gasteiger charge is -2.22. The maximum absolute atomic E-state index is 12.0. The Labute approximate surface area is 103 Å². The number of hydrogen-bond acceptors (Lipinski definition) is 3. The van der Waals surface area contributed by atoms with Gasteiger partial charge in [0.25, 0.3) is 0 Å². The highest BCUT2D eigenvalue weighted by Gasteiger charge is 2.33. The van der Waals surface area contributed by atoms with E-state index in [4.69, 9.17) is 5.73 Å². The standard InChI is InChI=1S/C12H23N3O2/c1-8(12(17)15(2)3)14-11(16)10-6-4-5-9(10)7-13/h8-10H,4-7,13H2,1-3H3,(H,14,16)/t8-,9?,10?/m1/s1. The Hall–Kier alpha value is -1.10. The van der Waals surface area contributed by atoms with Crippen molar-refractivity contribution in [2.24, 2.45) is 17.6 Å². The lowest BCUT2D eigenvalue weighted by Crippen LogP contribution is -2.47. The van der Waals surface area contributed by atoms with Crippen LogP contribution in [0.2, 0.25) is 0 Å². The maximum atomic E-state index is 12.0. The van der Waals surface area contributed by atoms with Crippen molar-refractivity contribution in [3.63, 3.8) is 0 Å². The monoisotopic (exact) mass is 241 g/mol. The summed E-state index contributed by atoms with van der Waals surface area (Å²) in [5.41, 5.74) is 5.65. The fourth-order valence-corrected chi connectivity index (χ4v) is 2.43. The van der Waals surface area contributed by atoms with E-state index < -0.39 is 6.04 Å². The van der Waals surface area contributed by atoms with Crippen molar-refractivity contribution < 1.29 is 9.59 Å². The van der Waals surface area contributed by atoms with E-state index in [1.807, 2.05) is 0 Å². The molecule has 2 amide bonds. The first-order valence-corrected chi connectivity index (χ1v) is 6.19. The third-order valence-electron chi connectivity index (χ3n) is 3.47. The molecule has 0 bridgehead atoms. The third kappa shape index (κ3) is 3.43. The van der Waals surface area contributed by atoms with Gasteiger partial charge in [-0.15, -0.1) is 0 Å². The number of carbonyl (C=O) groups is 2. The highest BCUT2D eigenvalue weighted by molar-refractivity contribution is 5.88. The minimum Gasteiger partial charge on any atom is -0.347 e. The van der Waals surface area contributed by atoms with Gasteiger partial charge in [-0.05, 0) is 32.2 Å². The van der Waals surface area contributed by atoms with Crippen LogP contribution in [0.25, 0.3) is 0 Å². The summed E-state index contributed by atoms with van der Waals surface area (Å²) < 4.78 is 0. The van der Waals surface area contributed by atoms with Gasteiger partial charge in [-0.2, -0.15) is 0 Å². The topological polar surface area (TPSA) is 75.4 Å². The van der Waals surface area contributed by atoms with Gasteiger partial charge in [0.1, 0.15) is 6.04 Å². The Morgan fingerprint density at radius 3 is 2.59 bits per heavy atom. The number of rotatable bonds is 4. The molecule has 1 aliphatic rings. The molecule has 0 saturated heterocycles. The van der Waals surface area contributed by atoms with Crippen molar-refractivity contribution >= 4 is 11.8 Å². The van der Waals surface area contributed by atoms with Crippen LogP contribution < -0.4 is 11.1 Å². The number of carbonyl (C=O) groups excluding carboxylic acids is 2. The molecule has 17 heavy (non-hydrogen) atoms. The summed E-state index contributed by atoms with van der Waals surface area (Å²) in [5, 5.41) is 2.78. The van der Waals surface area contributed by atoms with Gasteiger partial charge in [0, 0.05) is 20.0 Å². The first-order valence-electron chi connectivity index (χ1n) is 6.19. The number of nitrogens with one attached hydrogen (secondary N) is 1. The fraction of sp³-hybridized carbons (Fsp3) is 0.833. The van der Waals surface area contributed by atoms with Crippen molar-refractivity contribution in [3.05, 3.63) is 0 Å². The van der Waals surface area contributed by atoms with Gasteiger partial charge in [-0.1, -0.05) is 6.42 Å². The number of hydrogen-bond donors (Lipinski definition) is 2. The second-order valence-electron chi connectivity index (χ2n) is 5.00. The molecule has 0 aromatic heterocycles. The van der Waals surface area contributed by atoms with E-state index in [2.05, 4.69) is 5.32 Å². The molecule has 1 rings (SSSR count). The van der Waals surface area contributed by atoms with Gasteiger partial charge in [0.2, 0.25) is 11.8 Å². The zero-order valence-corrected chi connectivity index (χ0v) is 10.9. The average molecular weight is 241 g/mol. The van der Waals surface area contributed by atoms with Crippen molar-refractivity contribution in [1.29, 1.82) is 0 Å². The molecule has 2 unspecified atom stereocenters. The van der Waals surface area contributed by atoms with Crippen molar-refractivity contribution in [2.45, 2.75) is 32.2 Å². The Morgan fingerprint density at radius 1 is 1.41 bits per heavy atom. The molecule has 0 aliphatic heterocycles. The van der Waals surface area contributed by atoms with E-state index in [-0.39, 0.29) is 23.7 Å². The van der Waals surface area contributed by atoms with Gasteiger partial charge in [0.15, 0.2) is 0 Å². The molecule has 0 radical (unpaired) electrons. The van der Waals surface area contributed by atoms with Crippen LogP contribution in [-0.2, 0) is 9.59 Å². The Kier molecular flexibility index (Phi) is 4.93. The zero-order chi connectivity index (χ0) is 13.0. The summed E-state index contributed by atoms with van der Waals surface area (Å²) in [6, 6.07) is -0.462. The Balaban J connectivity index is 2.51. The molecule has 1 saturated carbocycles. The first kappa shape index (κ1) is 14.0. The highest BCUT2D eigenvalue weighted by Crippen LogP contribution is 2.30. The van der Waals surface area contributed by atoms with Crippen molar-refractivity contribution in [1.82, 2.24) is 10.2 Å². The predicted octanol–water partition coefficient (Wildman–Crippen LogP) is -0.0457. The molecule has 5 nitrogen and oxygen atoms in total. The smallest absolute Gasteiger partial charge is 0.244 e. The first-order chi connectivity index (χ1) is 7.97. The molecular weight excluding hydrogens is 218 g/mol. The normalized spacial score (nSPS) is 25.4. The van der Waals surface area contributed by atoms with E-state index >= 15 is 0 Å². The molecule has 1 aliphatic carbocycles. The van der Waals surface area contributed by atoms with Gasteiger partial charge in [-0.25, -0.2) is 0 Å². The van der Waals surface area contributed by atoms with Crippen LogP contribution in [0.1, 0.15) is 26.2 Å². The fourth-order valence-electron chi connectivity index (χ4n) is 2.43. The van der Waals surface area contributed by atoms with Crippen LogP contribution in [0, 0.1) is 11.8 Å². The summed E-state index contributed by atoms with van der Waals surface area (Å²) in [7, 11) is 3.37. The largest absolute Gasteiger partial charge is 0.347 e. The lowest BCUT2D eigenvalue weighted by atomic mass is 9.95. The molecule has 0 spiro atoms. The molecular formula is C12H23N3O2. The number of nitrogens with zero attached hydrogens (tertiary/aromatic N) is 1. The number of nitrogens with two attached hydrogens (primary N) is 1. The van der Waals surface area contributed by atoms with Crippen LogP contribution in [0.15, 0.2) is 0 Å². The highest BCUT2D eigenvalue weighted by atomic mass is 16.2. The SMILES string of the molecule is C[C@@H](NC(=O)C1CCCC1CN)C(=O)N(C)C. The zero-order valence-electron chi connectivity index (χ0n) is 10.9. The van der Waals surface area contributed by atoms with E-state index in [1.165, 1.54) is 4.90 Å². The molecule has 0 aromatic carbocycles. The minimum atomic E-state index is -0.462. The summed E-state index contributed by atoms with van der Waals surface area (Å²) in [5.74, 6) is 0.148. The van der Waals surface area contributed by atoms with E-state index in [1.54, 1.807) is 21.0 Å². The van der Waals surface area contributed by atoms with Crippen LogP contribution in [0.5, 0.6) is 0 Å².